The maximum atomic E-state index is 11.7. The van der Waals surface area contributed by atoms with Crippen molar-refractivity contribution in [3.8, 4) is 0 Å². The molecular formula is C11H17N3O2S2. The van der Waals surface area contributed by atoms with Crippen LogP contribution in [-0.2, 0) is 10.0 Å². The highest BCUT2D eigenvalue weighted by Crippen LogP contribution is 2.27. The summed E-state index contributed by atoms with van der Waals surface area (Å²) < 4.78 is 25.7. The molecule has 0 radical (unpaired) electrons. The number of anilines is 2. The molecule has 1 unspecified atom stereocenters. The molecule has 1 atom stereocenters. The molecule has 5 nitrogen and oxygen atoms in total. The highest BCUT2D eigenvalue weighted by molar-refractivity contribution is 7.99. The molecule has 0 amide bonds. The van der Waals surface area contributed by atoms with Gasteiger partial charge in [0.1, 0.15) is 0 Å². The third-order valence-corrected chi connectivity index (χ3v) is 5.47. The van der Waals surface area contributed by atoms with Crippen molar-refractivity contribution in [1.82, 2.24) is 4.72 Å². The van der Waals surface area contributed by atoms with Gasteiger partial charge >= 0.3 is 0 Å². The summed E-state index contributed by atoms with van der Waals surface area (Å²) in [5, 5.41) is 3.31. The molecule has 1 aliphatic heterocycles. The monoisotopic (exact) mass is 287 g/mol. The van der Waals surface area contributed by atoms with Crippen LogP contribution in [0.4, 0.5) is 11.4 Å². The molecule has 100 valence electrons. The molecule has 0 aromatic heterocycles. The van der Waals surface area contributed by atoms with E-state index < -0.39 is 10.0 Å². The average Bonchev–Trinajstić information content (AvgIpc) is 2.84. The van der Waals surface area contributed by atoms with Crippen LogP contribution in [0, 0.1) is 0 Å². The SMILES string of the molecule is CNS(=O)(=O)c1ccc(N)c(NC2CCSC2)c1. The van der Waals surface area contributed by atoms with Gasteiger partial charge in [0.15, 0.2) is 0 Å². The van der Waals surface area contributed by atoms with Gasteiger partial charge in [0.25, 0.3) is 0 Å². The van der Waals surface area contributed by atoms with Crippen LogP contribution < -0.4 is 15.8 Å². The Labute approximate surface area is 112 Å². The first kappa shape index (κ1) is 13.5. The van der Waals surface area contributed by atoms with Gasteiger partial charge in [0.2, 0.25) is 10.0 Å². The zero-order valence-corrected chi connectivity index (χ0v) is 11.8. The van der Waals surface area contributed by atoms with E-state index in [0.717, 1.165) is 17.9 Å². The topological polar surface area (TPSA) is 84.2 Å². The summed E-state index contributed by atoms with van der Waals surface area (Å²) in [6.07, 6.45) is 1.08. The molecule has 1 saturated heterocycles. The van der Waals surface area contributed by atoms with Crippen molar-refractivity contribution in [3.63, 3.8) is 0 Å². The average molecular weight is 287 g/mol. The van der Waals surface area contributed by atoms with Gasteiger partial charge in [-0.3, -0.25) is 0 Å². The van der Waals surface area contributed by atoms with Crippen molar-refractivity contribution in [3.05, 3.63) is 18.2 Å². The lowest BCUT2D eigenvalue weighted by Gasteiger charge is -2.16. The summed E-state index contributed by atoms with van der Waals surface area (Å²) in [6, 6.07) is 5.08. The highest BCUT2D eigenvalue weighted by atomic mass is 32.2. The fourth-order valence-corrected chi connectivity index (χ4v) is 3.72. The van der Waals surface area contributed by atoms with E-state index in [9.17, 15) is 8.42 Å². The lowest BCUT2D eigenvalue weighted by molar-refractivity contribution is 0.588. The van der Waals surface area contributed by atoms with Crippen LogP contribution in [0.1, 0.15) is 6.42 Å². The third kappa shape index (κ3) is 2.90. The van der Waals surface area contributed by atoms with Gasteiger partial charge in [0, 0.05) is 11.8 Å². The Hall–Kier alpha value is -0.920. The van der Waals surface area contributed by atoms with Gasteiger partial charge in [-0.25, -0.2) is 13.1 Å². The van der Waals surface area contributed by atoms with E-state index in [1.54, 1.807) is 12.1 Å². The van der Waals surface area contributed by atoms with Crippen molar-refractivity contribution in [2.24, 2.45) is 0 Å². The first-order valence-corrected chi connectivity index (χ1v) is 8.34. The number of nitrogen functional groups attached to an aromatic ring is 1. The van der Waals surface area contributed by atoms with Crippen molar-refractivity contribution in [2.75, 3.05) is 29.6 Å². The van der Waals surface area contributed by atoms with E-state index in [4.69, 9.17) is 5.73 Å². The predicted octanol–water partition coefficient (Wildman–Crippen LogP) is 1.09. The van der Waals surface area contributed by atoms with E-state index in [0.29, 0.717) is 17.4 Å². The molecule has 0 bridgehead atoms. The Morgan fingerprint density at radius 3 is 2.83 bits per heavy atom. The lowest BCUT2D eigenvalue weighted by Crippen LogP contribution is -2.21. The Balaban J connectivity index is 2.26. The second-order valence-electron chi connectivity index (χ2n) is 4.16. The quantitative estimate of drug-likeness (QED) is 0.722. The largest absolute Gasteiger partial charge is 0.397 e. The van der Waals surface area contributed by atoms with Gasteiger partial charge in [-0.15, -0.1) is 0 Å². The van der Waals surface area contributed by atoms with E-state index in [2.05, 4.69) is 10.0 Å². The van der Waals surface area contributed by atoms with Crippen LogP contribution in [0.5, 0.6) is 0 Å². The summed E-state index contributed by atoms with van der Waals surface area (Å²) in [6.45, 7) is 0. The minimum Gasteiger partial charge on any atom is -0.397 e. The van der Waals surface area contributed by atoms with Crippen LogP contribution in [0.15, 0.2) is 23.1 Å². The van der Waals surface area contributed by atoms with Crippen LogP contribution in [0.25, 0.3) is 0 Å². The van der Waals surface area contributed by atoms with E-state index in [1.807, 2.05) is 11.8 Å². The minimum absolute atomic E-state index is 0.229. The molecule has 1 fully saturated rings. The highest BCUT2D eigenvalue weighted by Gasteiger charge is 2.18. The van der Waals surface area contributed by atoms with Crippen molar-refractivity contribution in [2.45, 2.75) is 17.4 Å². The number of sulfonamides is 1. The number of nitrogens with one attached hydrogen (secondary N) is 2. The summed E-state index contributed by atoms with van der Waals surface area (Å²) in [5.74, 6) is 2.16. The molecule has 1 aromatic rings. The second kappa shape index (κ2) is 5.38. The van der Waals surface area contributed by atoms with Gasteiger partial charge in [-0.1, -0.05) is 0 Å². The second-order valence-corrected chi connectivity index (χ2v) is 7.20. The molecule has 1 heterocycles. The molecule has 18 heavy (non-hydrogen) atoms. The summed E-state index contributed by atoms with van der Waals surface area (Å²) in [5.41, 5.74) is 7.13. The van der Waals surface area contributed by atoms with Gasteiger partial charge in [-0.2, -0.15) is 11.8 Å². The molecule has 0 aliphatic carbocycles. The maximum absolute atomic E-state index is 11.7. The Bertz CT molecular complexity index is 525. The predicted molar refractivity (Wildman–Crippen MR) is 76.5 cm³/mol. The molecule has 1 aromatic carbocycles. The maximum Gasteiger partial charge on any atom is 0.240 e. The lowest BCUT2D eigenvalue weighted by atomic mass is 10.2. The smallest absolute Gasteiger partial charge is 0.240 e. The Morgan fingerprint density at radius 1 is 1.44 bits per heavy atom. The number of thioether (sulfide) groups is 1. The standard InChI is InChI=1S/C11H17N3O2S2/c1-13-18(15,16)9-2-3-10(12)11(6-9)14-8-4-5-17-7-8/h2-3,6,8,13-14H,4-5,7,12H2,1H3. The van der Waals surface area contributed by atoms with Crippen molar-refractivity contribution >= 4 is 33.2 Å². The van der Waals surface area contributed by atoms with Crippen molar-refractivity contribution in [1.29, 1.82) is 0 Å². The number of rotatable bonds is 4. The van der Waals surface area contributed by atoms with Gasteiger partial charge in [0.05, 0.1) is 16.3 Å². The molecule has 0 spiro atoms. The number of hydrogen-bond donors (Lipinski definition) is 3. The van der Waals surface area contributed by atoms with E-state index >= 15 is 0 Å². The van der Waals surface area contributed by atoms with Crippen LogP contribution in [0.2, 0.25) is 0 Å². The zero-order valence-electron chi connectivity index (χ0n) is 10.1. The summed E-state index contributed by atoms with van der Waals surface area (Å²) >= 11 is 1.89. The first-order chi connectivity index (χ1) is 8.53. The third-order valence-electron chi connectivity index (χ3n) is 2.89. The number of nitrogens with two attached hydrogens (primary N) is 1. The fraction of sp³-hybridized carbons (Fsp3) is 0.455. The normalized spacial score (nSPS) is 19.9. The zero-order chi connectivity index (χ0) is 13.2. The molecular weight excluding hydrogens is 270 g/mol. The van der Waals surface area contributed by atoms with E-state index in [1.165, 1.54) is 13.1 Å². The fourth-order valence-electron chi connectivity index (χ4n) is 1.81. The number of hydrogen-bond acceptors (Lipinski definition) is 5. The van der Waals surface area contributed by atoms with Gasteiger partial charge in [-0.05, 0) is 37.4 Å². The van der Waals surface area contributed by atoms with Crippen molar-refractivity contribution < 1.29 is 8.42 Å². The molecule has 7 heteroatoms. The molecule has 2 rings (SSSR count). The van der Waals surface area contributed by atoms with Crippen LogP contribution >= 0.6 is 11.8 Å². The van der Waals surface area contributed by atoms with Crippen LogP contribution in [0.3, 0.4) is 0 Å². The molecule has 0 saturated carbocycles. The number of benzene rings is 1. The summed E-state index contributed by atoms with van der Waals surface area (Å²) in [7, 11) is -2.03. The molecule has 1 aliphatic rings. The molecule has 4 N–H and O–H groups in total. The summed E-state index contributed by atoms with van der Waals surface area (Å²) in [4.78, 5) is 0.229. The Morgan fingerprint density at radius 2 is 2.22 bits per heavy atom. The Kier molecular flexibility index (Phi) is 4.04. The minimum atomic E-state index is -3.42. The first-order valence-electron chi connectivity index (χ1n) is 5.70. The van der Waals surface area contributed by atoms with Gasteiger partial charge < -0.3 is 11.1 Å². The van der Waals surface area contributed by atoms with Crippen LogP contribution in [-0.4, -0.2) is 33.0 Å². The van der Waals surface area contributed by atoms with E-state index in [-0.39, 0.29) is 4.90 Å².